The number of fused-ring (bicyclic) bond motifs is 1. The van der Waals surface area contributed by atoms with E-state index in [1.165, 1.54) is 0 Å². The van der Waals surface area contributed by atoms with Crippen molar-refractivity contribution < 1.29 is 13.2 Å². The fourth-order valence-corrected chi connectivity index (χ4v) is 5.32. The number of thiol groups is 1. The van der Waals surface area contributed by atoms with E-state index in [1.54, 1.807) is 6.20 Å². The van der Waals surface area contributed by atoms with Gasteiger partial charge in [0.2, 0.25) is 0 Å². The number of ether oxygens (including phenoxy) is 1. The van der Waals surface area contributed by atoms with Gasteiger partial charge in [0.15, 0.2) is 10.7 Å². The van der Waals surface area contributed by atoms with Gasteiger partial charge in [-0.1, -0.05) is 0 Å². The molecule has 10 nitrogen and oxygen atoms in total. The fourth-order valence-electron chi connectivity index (χ4n) is 4.71. The number of aromatic amines is 1. The van der Waals surface area contributed by atoms with Crippen molar-refractivity contribution >= 4 is 33.1 Å². The molecule has 3 aromatic heterocycles. The van der Waals surface area contributed by atoms with E-state index < -0.39 is 10.7 Å². The van der Waals surface area contributed by atoms with Crippen LogP contribution < -0.4 is 9.80 Å². The molecule has 0 aliphatic carbocycles. The summed E-state index contributed by atoms with van der Waals surface area (Å²) in [4.78, 5) is 16.5. The Morgan fingerprint density at radius 1 is 1.21 bits per heavy atom. The molecule has 1 atom stereocenters. The Labute approximate surface area is 194 Å². The third-order valence-corrected chi connectivity index (χ3v) is 7.07. The smallest absolute Gasteiger partial charge is 0.153 e. The Balaban J connectivity index is 1.63. The molecule has 0 radical (unpaired) electrons. The number of aryl methyl sites for hydroxylation is 1. The molecular formula is C22H29N7O3S. The first-order chi connectivity index (χ1) is 16.0. The Morgan fingerprint density at radius 2 is 2.03 bits per heavy atom. The highest BCUT2D eigenvalue weighted by molar-refractivity contribution is 7.72. The average molecular weight is 472 g/mol. The van der Waals surface area contributed by atoms with Gasteiger partial charge in [-0.3, -0.25) is 15.0 Å². The molecule has 5 heterocycles. The monoisotopic (exact) mass is 471 g/mol. The summed E-state index contributed by atoms with van der Waals surface area (Å²) in [5.74, 6) is 1.02. The minimum absolute atomic E-state index is 0.115. The molecule has 0 saturated carbocycles. The zero-order valence-corrected chi connectivity index (χ0v) is 19.8. The van der Waals surface area contributed by atoms with Crippen molar-refractivity contribution in [2.45, 2.75) is 19.9 Å². The van der Waals surface area contributed by atoms with Crippen LogP contribution in [0, 0.1) is 6.92 Å². The molecule has 0 spiro atoms. The Hall–Kier alpha value is -2.76. The lowest BCUT2D eigenvalue weighted by Gasteiger charge is -2.38. The van der Waals surface area contributed by atoms with Crippen molar-refractivity contribution in [2.24, 2.45) is 0 Å². The summed E-state index contributed by atoms with van der Waals surface area (Å²) in [6.45, 7) is 9.24. The number of pyridine rings is 2. The maximum Gasteiger partial charge on any atom is 0.153 e. The molecule has 3 aromatic rings. The second kappa shape index (κ2) is 9.24. The third-order valence-electron chi connectivity index (χ3n) is 6.44. The minimum Gasteiger partial charge on any atom is -0.377 e. The van der Waals surface area contributed by atoms with Gasteiger partial charge >= 0.3 is 0 Å². The SMILES string of the molecule is Cc1cnc(-c2ccn[nH]2)c2nc(N3CCOC[C@H]3C)cc(N3CCN(C[SH](=O)=O)CC3)c12. The molecule has 176 valence electrons. The molecule has 2 aliphatic rings. The maximum atomic E-state index is 11.2. The minimum atomic E-state index is -2.41. The number of nitrogens with one attached hydrogen (secondary N) is 1. The van der Waals surface area contributed by atoms with E-state index >= 15 is 0 Å². The molecule has 1 N–H and O–H groups in total. The van der Waals surface area contributed by atoms with Gasteiger partial charge in [-0.15, -0.1) is 0 Å². The molecule has 2 saturated heterocycles. The predicted octanol–water partition coefficient (Wildman–Crippen LogP) is 1.24. The summed E-state index contributed by atoms with van der Waals surface area (Å²) in [6, 6.07) is 4.30. The lowest BCUT2D eigenvalue weighted by atomic mass is 10.0. The molecule has 11 heteroatoms. The Morgan fingerprint density at radius 3 is 2.73 bits per heavy atom. The number of hydrogen-bond acceptors (Lipinski definition) is 9. The highest BCUT2D eigenvalue weighted by Crippen LogP contribution is 2.37. The van der Waals surface area contributed by atoms with E-state index in [2.05, 4.69) is 39.9 Å². The number of rotatable bonds is 5. The van der Waals surface area contributed by atoms with Crippen LogP contribution >= 0.6 is 0 Å². The number of morpholine rings is 1. The van der Waals surface area contributed by atoms with Crippen molar-refractivity contribution in [3.05, 3.63) is 30.1 Å². The quantitative estimate of drug-likeness (QED) is 0.532. The van der Waals surface area contributed by atoms with Gasteiger partial charge < -0.3 is 14.5 Å². The molecule has 0 aromatic carbocycles. The van der Waals surface area contributed by atoms with Gasteiger partial charge in [-0.05, 0) is 25.5 Å². The third kappa shape index (κ3) is 4.40. The first-order valence-corrected chi connectivity index (χ1v) is 12.6. The second-order valence-corrected chi connectivity index (χ2v) is 9.63. The van der Waals surface area contributed by atoms with Crippen LogP contribution in [0.2, 0.25) is 0 Å². The highest BCUT2D eigenvalue weighted by atomic mass is 32.2. The molecule has 2 fully saturated rings. The van der Waals surface area contributed by atoms with E-state index in [-0.39, 0.29) is 11.9 Å². The van der Waals surface area contributed by atoms with Crippen molar-refractivity contribution in [3.8, 4) is 11.4 Å². The van der Waals surface area contributed by atoms with E-state index in [0.717, 1.165) is 59.0 Å². The molecule has 0 amide bonds. The van der Waals surface area contributed by atoms with E-state index in [0.29, 0.717) is 26.3 Å². The van der Waals surface area contributed by atoms with E-state index in [1.807, 2.05) is 17.2 Å². The van der Waals surface area contributed by atoms with Crippen LogP contribution in [0.25, 0.3) is 22.3 Å². The average Bonchev–Trinajstić information content (AvgIpc) is 3.34. The number of hydrogen-bond donors (Lipinski definition) is 2. The number of anilines is 2. The molecule has 33 heavy (non-hydrogen) atoms. The summed E-state index contributed by atoms with van der Waals surface area (Å²) in [7, 11) is -2.41. The van der Waals surface area contributed by atoms with Gasteiger partial charge in [0.05, 0.1) is 36.5 Å². The molecule has 2 aliphatic heterocycles. The molecular weight excluding hydrogens is 442 g/mol. The van der Waals surface area contributed by atoms with Gasteiger partial charge in [-0.25, -0.2) is 13.4 Å². The van der Waals surface area contributed by atoms with Crippen molar-refractivity contribution in [3.63, 3.8) is 0 Å². The van der Waals surface area contributed by atoms with Crippen LogP contribution in [-0.4, -0.2) is 91.3 Å². The maximum absolute atomic E-state index is 11.2. The fraction of sp³-hybridized carbons (Fsp3) is 0.500. The molecule has 5 rings (SSSR count). The van der Waals surface area contributed by atoms with Crippen LogP contribution in [0.4, 0.5) is 11.5 Å². The Kier molecular flexibility index (Phi) is 6.17. The first-order valence-electron chi connectivity index (χ1n) is 11.2. The summed E-state index contributed by atoms with van der Waals surface area (Å²) < 4.78 is 28.0. The van der Waals surface area contributed by atoms with Gasteiger partial charge in [-0.2, -0.15) is 5.10 Å². The van der Waals surface area contributed by atoms with Crippen molar-refractivity contribution in [2.75, 3.05) is 61.6 Å². The summed E-state index contributed by atoms with van der Waals surface area (Å²) in [6.07, 6.45) is 3.61. The lowest BCUT2D eigenvalue weighted by molar-refractivity contribution is 0.0986. The van der Waals surface area contributed by atoms with E-state index in [9.17, 15) is 8.42 Å². The van der Waals surface area contributed by atoms with Gasteiger partial charge in [0, 0.05) is 56.6 Å². The number of nitrogens with zero attached hydrogens (tertiary/aromatic N) is 6. The standard InChI is InChI=1S/C22H29N7O3S/c1-15-12-23-21(17-3-4-24-26-17)22-20(15)18(28-7-5-27(6-8-28)14-33(30)31)11-19(25-22)29-9-10-32-13-16(29)2/h3-4,11-12,16,33H,5-10,13-14H2,1-2H3,(H,24,26)/t16-/m1/s1. The largest absolute Gasteiger partial charge is 0.377 e. The highest BCUT2D eigenvalue weighted by Gasteiger charge is 2.26. The Bertz CT molecular complexity index is 1200. The first kappa shape index (κ1) is 22.1. The van der Waals surface area contributed by atoms with Crippen LogP contribution in [0.3, 0.4) is 0 Å². The zero-order valence-electron chi connectivity index (χ0n) is 18.9. The summed E-state index contributed by atoms with van der Waals surface area (Å²) in [5.41, 5.74) is 4.62. The van der Waals surface area contributed by atoms with Gasteiger partial charge in [0.1, 0.15) is 17.0 Å². The van der Waals surface area contributed by atoms with Crippen LogP contribution in [-0.2, 0) is 15.4 Å². The van der Waals surface area contributed by atoms with Crippen LogP contribution in [0.1, 0.15) is 12.5 Å². The predicted molar refractivity (Wildman–Crippen MR) is 128 cm³/mol. The number of aromatic nitrogens is 4. The number of piperazine rings is 1. The van der Waals surface area contributed by atoms with Gasteiger partial charge in [0.25, 0.3) is 0 Å². The van der Waals surface area contributed by atoms with E-state index in [4.69, 9.17) is 14.7 Å². The number of H-pyrrole nitrogens is 1. The van der Waals surface area contributed by atoms with Crippen molar-refractivity contribution in [1.29, 1.82) is 0 Å². The molecule has 0 bridgehead atoms. The zero-order chi connectivity index (χ0) is 22.9. The summed E-state index contributed by atoms with van der Waals surface area (Å²) in [5, 5.41) is 8.22. The van der Waals surface area contributed by atoms with Crippen molar-refractivity contribution in [1.82, 2.24) is 25.1 Å². The topological polar surface area (TPSA) is 108 Å². The molecule has 0 unspecified atom stereocenters. The normalized spacial score (nSPS) is 20.2. The summed E-state index contributed by atoms with van der Waals surface area (Å²) >= 11 is 0. The lowest BCUT2D eigenvalue weighted by Crippen LogP contribution is -2.47. The second-order valence-electron chi connectivity index (χ2n) is 8.68. The van der Waals surface area contributed by atoms with Crippen LogP contribution in [0.15, 0.2) is 24.5 Å². The van der Waals surface area contributed by atoms with Crippen LogP contribution in [0.5, 0.6) is 0 Å².